The molecule has 7 nitrogen and oxygen atoms in total. The minimum Gasteiger partial charge on any atom is -0.378 e. The van der Waals surface area contributed by atoms with E-state index in [0.29, 0.717) is 37.7 Å². The van der Waals surface area contributed by atoms with Crippen LogP contribution in [-0.2, 0) is 20.2 Å². The van der Waals surface area contributed by atoms with Crippen LogP contribution in [0.3, 0.4) is 0 Å². The van der Waals surface area contributed by atoms with Crippen molar-refractivity contribution in [3.63, 3.8) is 0 Å². The molecule has 156 valence electrons. The first-order valence-electron chi connectivity index (χ1n) is 9.47. The molecule has 0 bridgehead atoms. The third-order valence-electron chi connectivity index (χ3n) is 4.90. The highest BCUT2D eigenvalue weighted by Crippen LogP contribution is 2.27. The number of hydrogen-bond acceptors (Lipinski definition) is 5. The second-order valence-electron chi connectivity index (χ2n) is 8.10. The number of carbonyl (C=O) groups is 1. The van der Waals surface area contributed by atoms with Gasteiger partial charge in [-0.05, 0) is 41.3 Å². The number of nitrogens with two attached hydrogens (primary N) is 1. The summed E-state index contributed by atoms with van der Waals surface area (Å²) in [5.41, 5.74) is 2.72. The molecule has 1 saturated heterocycles. The first-order valence-corrected chi connectivity index (χ1v) is 11.0. The molecule has 3 N–H and O–H groups in total. The van der Waals surface area contributed by atoms with Gasteiger partial charge in [0.05, 0.1) is 23.7 Å². The van der Waals surface area contributed by atoms with Gasteiger partial charge >= 0.3 is 0 Å². The summed E-state index contributed by atoms with van der Waals surface area (Å²) in [6.45, 7) is 8.69. The molecule has 0 spiro atoms. The van der Waals surface area contributed by atoms with Crippen molar-refractivity contribution in [1.82, 2.24) is 0 Å². The van der Waals surface area contributed by atoms with Gasteiger partial charge in [-0.1, -0.05) is 32.9 Å². The van der Waals surface area contributed by atoms with Crippen LogP contribution in [0.5, 0.6) is 0 Å². The summed E-state index contributed by atoms with van der Waals surface area (Å²) in [6.07, 6.45) is 0. The van der Waals surface area contributed by atoms with E-state index in [2.05, 4.69) is 26.1 Å². The number of nitrogens with one attached hydrogen (secondary N) is 1. The first kappa shape index (κ1) is 21.3. The molecule has 1 heterocycles. The van der Waals surface area contributed by atoms with E-state index in [9.17, 15) is 13.2 Å². The van der Waals surface area contributed by atoms with Gasteiger partial charge in [0.2, 0.25) is 10.0 Å². The number of sulfonamides is 1. The lowest BCUT2D eigenvalue weighted by Gasteiger charge is -2.30. The molecule has 1 aliphatic rings. The molecule has 1 amide bonds. The van der Waals surface area contributed by atoms with Crippen molar-refractivity contribution in [2.45, 2.75) is 31.1 Å². The Morgan fingerprint density at radius 3 is 2.24 bits per heavy atom. The van der Waals surface area contributed by atoms with Gasteiger partial charge < -0.3 is 15.0 Å². The average molecular weight is 418 g/mol. The average Bonchev–Trinajstić information content (AvgIpc) is 2.67. The van der Waals surface area contributed by atoms with Crippen molar-refractivity contribution in [3.05, 3.63) is 53.6 Å². The summed E-state index contributed by atoms with van der Waals surface area (Å²) in [5.74, 6) is -0.388. The normalized spacial score (nSPS) is 15.2. The largest absolute Gasteiger partial charge is 0.378 e. The highest BCUT2D eigenvalue weighted by Gasteiger charge is 2.22. The Labute approximate surface area is 171 Å². The zero-order valence-corrected chi connectivity index (χ0v) is 17.8. The van der Waals surface area contributed by atoms with Gasteiger partial charge in [0.25, 0.3) is 5.91 Å². The van der Waals surface area contributed by atoms with Gasteiger partial charge in [-0.3, -0.25) is 4.79 Å². The Kier molecular flexibility index (Phi) is 5.97. The van der Waals surface area contributed by atoms with E-state index < -0.39 is 10.0 Å². The SMILES string of the molecule is CC(C)(C)c1ccc(NC(=O)c2cc(S(N)(=O)=O)ccc2N2CCOCC2)cc1. The van der Waals surface area contributed by atoms with E-state index in [1.165, 1.54) is 12.1 Å². The molecule has 0 saturated carbocycles. The van der Waals surface area contributed by atoms with E-state index >= 15 is 0 Å². The van der Waals surface area contributed by atoms with Gasteiger partial charge in [-0.25, -0.2) is 13.6 Å². The number of ether oxygens (including phenoxy) is 1. The van der Waals surface area contributed by atoms with Crippen molar-refractivity contribution in [1.29, 1.82) is 0 Å². The Bertz CT molecular complexity index is 990. The predicted octanol–water partition coefficient (Wildman–Crippen LogP) is 2.72. The number of rotatable bonds is 4. The quantitative estimate of drug-likeness (QED) is 0.796. The van der Waals surface area contributed by atoms with Gasteiger partial charge in [-0.15, -0.1) is 0 Å². The summed E-state index contributed by atoms with van der Waals surface area (Å²) in [4.78, 5) is 14.9. The van der Waals surface area contributed by atoms with E-state index in [-0.39, 0.29) is 21.8 Å². The van der Waals surface area contributed by atoms with Gasteiger partial charge in [0.1, 0.15) is 0 Å². The first-order chi connectivity index (χ1) is 13.6. The zero-order chi connectivity index (χ0) is 21.2. The predicted molar refractivity (Wildman–Crippen MR) is 114 cm³/mol. The topological polar surface area (TPSA) is 102 Å². The fraction of sp³-hybridized carbons (Fsp3) is 0.381. The van der Waals surface area contributed by atoms with Crippen LogP contribution in [0.15, 0.2) is 47.4 Å². The molecule has 0 radical (unpaired) electrons. The minimum absolute atomic E-state index is 0.00978. The maximum atomic E-state index is 13.0. The van der Waals surface area contributed by atoms with Crippen molar-refractivity contribution in [2.24, 2.45) is 5.14 Å². The molecule has 8 heteroatoms. The summed E-state index contributed by atoms with van der Waals surface area (Å²) in [6, 6.07) is 12.0. The van der Waals surface area contributed by atoms with Crippen molar-refractivity contribution in [2.75, 3.05) is 36.5 Å². The standard InChI is InChI=1S/C21H27N3O4S/c1-21(2,3)15-4-6-16(7-5-15)23-20(25)18-14-17(29(22,26)27)8-9-19(18)24-10-12-28-13-11-24/h4-9,14H,10-13H2,1-3H3,(H,23,25)(H2,22,26,27). The van der Waals surface area contributed by atoms with Crippen molar-refractivity contribution < 1.29 is 17.9 Å². The van der Waals surface area contributed by atoms with Crippen LogP contribution in [0.25, 0.3) is 0 Å². The second-order valence-corrected chi connectivity index (χ2v) is 9.67. The maximum Gasteiger partial charge on any atom is 0.257 e. The third-order valence-corrected chi connectivity index (χ3v) is 5.81. The molecular formula is C21H27N3O4S. The zero-order valence-electron chi connectivity index (χ0n) is 16.9. The Morgan fingerprint density at radius 1 is 1.07 bits per heavy atom. The lowest BCUT2D eigenvalue weighted by atomic mass is 9.87. The third kappa shape index (κ3) is 5.14. The van der Waals surface area contributed by atoms with Gasteiger partial charge in [-0.2, -0.15) is 0 Å². The van der Waals surface area contributed by atoms with Crippen LogP contribution in [0, 0.1) is 0 Å². The van der Waals surface area contributed by atoms with Crippen molar-refractivity contribution >= 4 is 27.3 Å². The number of morpholine rings is 1. The number of carbonyl (C=O) groups excluding carboxylic acids is 1. The smallest absolute Gasteiger partial charge is 0.257 e. The van der Waals surface area contributed by atoms with E-state index in [4.69, 9.17) is 9.88 Å². The molecule has 2 aromatic carbocycles. The van der Waals surface area contributed by atoms with Crippen LogP contribution in [0.1, 0.15) is 36.7 Å². The molecule has 1 fully saturated rings. The van der Waals surface area contributed by atoms with E-state index in [1.54, 1.807) is 6.07 Å². The van der Waals surface area contributed by atoms with Crippen LogP contribution in [0.2, 0.25) is 0 Å². The fourth-order valence-electron chi connectivity index (χ4n) is 3.21. The Morgan fingerprint density at radius 2 is 1.69 bits per heavy atom. The molecule has 0 aliphatic carbocycles. The van der Waals surface area contributed by atoms with E-state index in [0.717, 1.165) is 5.56 Å². The highest BCUT2D eigenvalue weighted by atomic mass is 32.2. The van der Waals surface area contributed by atoms with Gasteiger partial charge in [0, 0.05) is 24.5 Å². The molecule has 0 aromatic heterocycles. The molecule has 0 unspecified atom stereocenters. The lowest BCUT2D eigenvalue weighted by molar-refractivity contribution is 0.102. The summed E-state index contributed by atoms with van der Waals surface area (Å²) < 4.78 is 29.0. The lowest BCUT2D eigenvalue weighted by Crippen LogP contribution is -2.37. The van der Waals surface area contributed by atoms with Crippen LogP contribution in [0.4, 0.5) is 11.4 Å². The highest BCUT2D eigenvalue weighted by molar-refractivity contribution is 7.89. The van der Waals surface area contributed by atoms with Gasteiger partial charge in [0.15, 0.2) is 0 Å². The molecule has 1 aliphatic heterocycles. The Hall–Kier alpha value is -2.42. The summed E-state index contributed by atoms with van der Waals surface area (Å²) in [7, 11) is -3.92. The molecule has 29 heavy (non-hydrogen) atoms. The maximum absolute atomic E-state index is 13.0. The molecule has 0 atom stereocenters. The molecular weight excluding hydrogens is 390 g/mol. The number of anilines is 2. The monoisotopic (exact) mass is 417 g/mol. The fourth-order valence-corrected chi connectivity index (χ4v) is 3.75. The molecule has 2 aromatic rings. The van der Waals surface area contributed by atoms with Crippen LogP contribution >= 0.6 is 0 Å². The number of hydrogen-bond donors (Lipinski definition) is 2. The van der Waals surface area contributed by atoms with E-state index in [1.807, 2.05) is 29.2 Å². The summed E-state index contributed by atoms with van der Waals surface area (Å²) >= 11 is 0. The minimum atomic E-state index is -3.92. The van der Waals surface area contributed by atoms with Crippen LogP contribution in [-0.4, -0.2) is 40.6 Å². The Balaban J connectivity index is 1.93. The number of amides is 1. The summed E-state index contributed by atoms with van der Waals surface area (Å²) in [5, 5.41) is 8.13. The van der Waals surface area contributed by atoms with Crippen molar-refractivity contribution in [3.8, 4) is 0 Å². The number of nitrogens with zero attached hydrogens (tertiary/aromatic N) is 1. The van der Waals surface area contributed by atoms with Crippen LogP contribution < -0.4 is 15.4 Å². The molecule has 3 rings (SSSR count). The second kappa shape index (κ2) is 8.14. The number of primary sulfonamides is 1. The number of benzene rings is 2.